The third-order valence-electron chi connectivity index (χ3n) is 2.54. The van der Waals surface area contributed by atoms with Crippen LogP contribution in [0.3, 0.4) is 0 Å². The van der Waals surface area contributed by atoms with Gasteiger partial charge < -0.3 is 20.1 Å². The number of nitro groups is 1. The molecule has 0 bridgehead atoms. The Balaban J connectivity index is 2.50. The summed E-state index contributed by atoms with van der Waals surface area (Å²) in [6, 6.07) is 0. The first kappa shape index (κ1) is 17.1. The molecule has 9 heteroatoms. The van der Waals surface area contributed by atoms with E-state index in [0.717, 1.165) is 0 Å². The average Bonchev–Trinajstić information content (AvgIpc) is 2.46. The predicted octanol–water partition coefficient (Wildman–Crippen LogP) is 1.28. The van der Waals surface area contributed by atoms with Crippen molar-refractivity contribution in [1.82, 2.24) is 9.97 Å². The molecular weight excluding hydrogens is 278 g/mol. The summed E-state index contributed by atoms with van der Waals surface area (Å²) in [7, 11) is 1.61. The first-order valence-electron chi connectivity index (χ1n) is 6.74. The van der Waals surface area contributed by atoms with Crippen LogP contribution in [0, 0.1) is 10.1 Å². The molecule has 0 aliphatic heterocycles. The predicted molar refractivity (Wildman–Crippen MR) is 78.7 cm³/mol. The highest BCUT2D eigenvalue weighted by Gasteiger charge is 2.21. The molecule has 0 fully saturated rings. The Kier molecular flexibility index (Phi) is 7.99. The lowest BCUT2D eigenvalue weighted by Crippen LogP contribution is -2.12. The summed E-state index contributed by atoms with van der Waals surface area (Å²) in [5.74, 6) is 0.430. The smallest absolute Gasteiger partial charge is 0.353 e. The molecule has 0 unspecified atom stereocenters. The van der Waals surface area contributed by atoms with Gasteiger partial charge in [-0.25, -0.2) is 9.97 Å². The van der Waals surface area contributed by atoms with E-state index >= 15 is 0 Å². The maximum Gasteiger partial charge on any atom is 0.353 e. The third-order valence-corrected chi connectivity index (χ3v) is 2.54. The zero-order chi connectivity index (χ0) is 15.5. The largest absolute Gasteiger partial charge is 0.382 e. The van der Waals surface area contributed by atoms with E-state index in [2.05, 4.69) is 20.6 Å². The Bertz CT molecular complexity index is 444. The summed E-state index contributed by atoms with van der Waals surface area (Å²) in [4.78, 5) is 18.5. The Morgan fingerprint density at radius 2 is 1.95 bits per heavy atom. The Morgan fingerprint density at radius 3 is 2.57 bits per heavy atom. The summed E-state index contributed by atoms with van der Waals surface area (Å²) in [6.45, 7) is 4.55. The van der Waals surface area contributed by atoms with Crippen molar-refractivity contribution in [3.05, 3.63) is 16.4 Å². The third kappa shape index (κ3) is 5.88. The molecule has 0 aliphatic rings. The lowest BCUT2D eigenvalue weighted by Gasteiger charge is -2.09. The van der Waals surface area contributed by atoms with Gasteiger partial charge >= 0.3 is 5.69 Å². The molecule has 0 amide bonds. The topological polar surface area (TPSA) is 111 Å². The standard InChI is InChI=1S/C12H21N5O4/c1-3-13-11-10(17(18)19)12(16-9-15-11)14-5-4-6-21-8-7-20-2/h9H,3-8H2,1-2H3,(H2,13,14,15,16). The second-order valence-corrected chi connectivity index (χ2v) is 4.09. The van der Waals surface area contributed by atoms with E-state index in [1.807, 2.05) is 6.92 Å². The maximum atomic E-state index is 11.1. The van der Waals surface area contributed by atoms with Crippen molar-refractivity contribution in [1.29, 1.82) is 0 Å². The molecule has 21 heavy (non-hydrogen) atoms. The lowest BCUT2D eigenvalue weighted by atomic mass is 10.4. The van der Waals surface area contributed by atoms with E-state index in [1.165, 1.54) is 6.33 Å². The second-order valence-electron chi connectivity index (χ2n) is 4.09. The van der Waals surface area contributed by atoms with Crippen molar-refractivity contribution in [2.45, 2.75) is 13.3 Å². The molecule has 0 spiro atoms. The van der Waals surface area contributed by atoms with Crippen LogP contribution in [-0.2, 0) is 9.47 Å². The molecule has 0 saturated carbocycles. The van der Waals surface area contributed by atoms with Gasteiger partial charge in [-0.05, 0) is 13.3 Å². The number of nitrogens with zero attached hydrogens (tertiary/aromatic N) is 3. The van der Waals surface area contributed by atoms with Gasteiger partial charge in [-0.2, -0.15) is 0 Å². The number of aromatic nitrogens is 2. The number of hydrogen-bond acceptors (Lipinski definition) is 8. The molecule has 9 nitrogen and oxygen atoms in total. The van der Waals surface area contributed by atoms with Gasteiger partial charge in [0.05, 0.1) is 18.1 Å². The van der Waals surface area contributed by atoms with E-state index in [0.29, 0.717) is 39.3 Å². The van der Waals surface area contributed by atoms with Crippen LogP contribution in [0.5, 0.6) is 0 Å². The highest BCUT2D eigenvalue weighted by molar-refractivity contribution is 5.69. The van der Waals surface area contributed by atoms with Gasteiger partial charge in [-0.3, -0.25) is 10.1 Å². The average molecular weight is 299 g/mol. The second kappa shape index (κ2) is 9.83. The van der Waals surface area contributed by atoms with Gasteiger partial charge in [-0.15, -0.1) is 0 Å². The normalized spacial score (nSPS) is 10.4. The minimum absolute atomic E-state index is 0.139. The lowest BCUT2D eigenvalue weighted by molar-refractivity contribution is -0.383. The molecule has 0 saturated heterocycles. The van der Waals surface area contributed by atoms with Crippen LogP contribution >= 0.6 is 0 Å². The molecule has 0 aromatic carbocycles. The molecule has 1 aromatic rings. The zero-order valence-electron chi connectivity index (χ0n) is 12.3. The van der Waals surface area contributed by atoms with Crippen LogP contribution in [0.1, 0.15) is 13.3 Å². The van der Waals surface area contributed by atoms with Crippen molar-refractivity contribution < 1.29 is 14.4 Å². The molecule has 1 heterocycles. The van der Waals surface area contributed by atoms with Crippen LogP contribution in [0.25, 0.3) is 0 Å². The molecule has 0 atom stereocenters. The van der Waals surface area contributed by atoms with Crippen molar-refractivity contribution in [2.24, 2.45) is 0 Å². The number of methoxy groups -OCH3 is 1. The number of nitrogens with one attached hydrogen (secondary N) is 2. The highest BCUT2D eigenvalue weighted by atomic mass is 16.6. The fourth-order valence-electron chi connectivity index (χ4n) is 1.60. The summed E-state index contributed by atoms with van der Waals surface area (Å²) < 4.78 is 10.2. The van der Waals surface area contributed by atoms with Crippen LogP contribution < -0.4 is 10.6 Å². The molecule has 0 aliphatic carbocycles. The van der Waals surface area contributed by atoms with Gasteiger partial charge in [-0.1, -0.05) is 0 Å². The van der Waals surface area contributed by atoms with E-state index < -0.39 is 4.92 Å². The fraction of sp³-hybridized carbons (Fsp3) is 0.667. The zero-order valence-corrected chi connectivity index (χ0v) is 12.3. The maximum absolute atomic E-state index is 11.1. The van der Waals surface area contributed by atoms with E-state index in [9.17, 15) is 10.1 Å². The van der Waals surface area contributed by atoms with Gasteiger partial charge in [0.15, 0.2) is 0 Å². The Labute approximate surface area is 123 Å². The molecular formula is C12H21N5O4. The summed E-state index contributed by atoms with van der Waals surface area (Å²) >= 11 is 0. The van der Waals surface area contributed by atoms with Gasteiger partial charge in [0.1, 0.15) is 6.33 Å². The van der Waals surface area contributed by atoms with Crippen LogP contribution in [0.4, 0.5) is 17.3 Å². The van der Waals surface area contributed by atoms with Crippen LogP contribution in [0.15, 0.2) is 6.33 Å². The number of rotatable bonds is 11. The summed E-state index contributed by atoms with van der Waals surface area (Å²) in [5, 5.41) is 16.9. The van der Waals surface area contributed by atoms with E-state index in [1.54, 1.807) is 7.11 Å². The van der Waals surface area contributed by atoms with Crippen molar-refractivity contribution >= 4 is 17.3 Å². The molecule has 1 rings (SSSR count). The van der Waals surface area contributed by atoms with Crippen molar-refractivity contribution in [3.63, 3.8) is 0 Å². The number of ether oxygens (including phenoxy) is 2. The SMILES string of the molecule is CCNc1ncnc(NCCCOCCOC)c1[N+](=O)[O-]. The monoisotopic (exact) mass is 299 g/mol. The minimum Gasteiger partial charge on any atom is -0.382 e. The van der Waals surface area contributed by atoms with Crippen LogP contribution in [-0.4, -0.2) is 54.9 Å². The summed E-state index contributed by atoms with van der Waals surface area (Å²) in [5.41, 5.74) is -0.139. The quantitative estimate of drug-likeness (QED) is 0.357. The Hall–Kier alpha value is -2.00. The fourth-order valence-corrected chi connectivity index (χ4v) is 1.60. The highest BCUT2D eigenvalue weighted by Crippen LogP contribution is 2.28. The first-order chi connectivity index (χ1) is 10.2. The minimum atomic E-state index is -0.491. The van der Waals surface area contributed by atoms with Crippen molar-refractivity contribution in [2.75, 3.05) is 50.7 Å². The number of hydrogen-bond donors (Lipinski definition) is 2. The van der Waals surface area contributed by atoms with E-state index in [-0.39, 0.29) is 17.3 Å². The van der Waals surface area contributed by atoms with Gasteiger partial charge in [0, 0.05) is 26.8 Å². The van der Waals surface area contributed by atoms with Crippen molar-refractivity contribution in [3.8, 4) is 0 Å². The van der Waals surface area contributed by atoms with Crippen LogP contribution in [0.2, 0.25) is 0 Å². The number of anilines is 2. The molecule has 118 valence electrons. The molecule has 2 N–H and O–H groups in total. The van der Waals surface area contributed by atoms with Gasteiger partial charge in [0.25, 0.3) is 0 Å². The summed E-state index contributed by atoms with van der Waals surface area (Å²) in [6.07, 6.45) is 2.00. The molecule has 1 aromatic heterocycles. The first-order valence-corrected chi connectivity index (χ1v) is 6.74. The van der Waals surface area contributed by atoms with Gasteiger partial charge in [0.2, 0.25) is 11.6 Å². The van der Waals surface area contributed by atoms with E-state index in [4.69, 9.17) is 9.47 Å². The Morgan fingerprint density at radius 1 is 1.24 bits per heavy atom. The molecule has 0 radical (unpaired) electrons.